The molecule has 13 nitrogen and oxygen atoms in total. The molecule has 7 N–H and O–H groups in total. The monoisotopic (exact) mass is 625 g/mol. The maximum absolute atomic E-state index is 13.9. The summed E-state index contributed by atoms with van der Waals surface area (Å²) in [6.07, 6.45) is -1.62. The van der Waals surface area contributed by atoms with Gasteiger partial charge in [0.2, 0.25) is 11.8 Å². The molecule has 4 aromatic carbocycles. The van der Waals surface area contributed by atoms with Crippen LogP contribution in [0.2, 0.25) is 0 Å². The lowest BCUT2D eigenvalue weighted by molar-refractivity contribution is -0.250. The first-order valence-electron chi connectivity index (χ1n) is 14.1. The number of carbonyl (C=O) groups is 3. The molecule has 0 aliphatic rings. The molecule has 3 amide bonds. The van der Waals surface area contributed by atoms with Crippen LogP contribution in [0.3, 0.4) is 0 Å². The number of carboxylic acid groups (broad SMARTS) is 1. The summed E-state index contributed by atoms with van der Waals surface area (Å²) in [6.45, 7) is -0.198. The highest BCUT2D eigenvalue weighted by molar-refractivity contribution is 5.98. The second-order valence-corrected chi connectivity index (χ2v) is 9.90. The van der Waals surface area contributed by atoms with E-state index in [9.17, 15) is 19.5 Å². The number of amidine groups is 1. The summed E-state index contributed by atoms with van der Waals surface area (Å²) in [5, 5.41) is 33.7. The number of anilines is 2. The number of nitrogens with two attached hydrogens (primary N) is 1. The number of benzene rings is 4. The Morgan fingerprint density at radius 1 is 0.891 bits per heavy atom. The summed E-state index contributed by atoms with van der Waals surface area (Å²) >= 11 is 0. The van der Waals surface area contributed by atoms with E-state index in [0.29, 0.717) is 11.3 Å². The van der Waals surface area contributed by atoms with Crippen LogP contribution in [-0.2, 0) is 22.7 Å². The molecule has 0 saturated heterocycles. The van der Waals surface area contributed by atoms with Crippen LogP contribution in [0.25, 0.3) is 0 Å². The Morgan fingerprint density at radius 3 is 2.15 bits per heavy atom. The van der Waals surface area contributed by atoms with Gasteiger partial charge in [0.05, 0.1) is 19.3 Å². The molecule has 0 heterocycles. The number of oxime groups is 1. The van der Waals surface area contributed by atoms with Crippen molar-refractivity contribution in [3.05, 3.63) is 119 Å². The summed E-state index contributed by atoms with van der Waals surface area (Å²) in [7, 11) is 1.44. The second-order valence-electron chi connectivity index (χ2n) is 9.90. The van der Waals surface area contributed by atoms with Gasteiger partial charge in [-0.2, -0.15) is 0 Å². The molecule has 0 aromatic heterocycles. The molecule has 0 fully saturated rings. The minimum atomic E-state index is -1.62. The van der Waals surface area contributed by atoms with Gasteiger partial charge in [-0.05, 0) is 41.5 Å². The largest absolute Gasteiger partial charge is 0.530 e. The zero-order valence-electron chi connectivity index (χ0n) is 24.9. The molecule has 4 rings (SSSR count). The SMILES string of the molecule is COc1cc(C(Nc2ccc(/C(N)=N\O)cc2)C(=O)NCc2ccccc2)c(NC(=O)CNC(=O)[O-])cc1OCc1ccccc1. The van der Waals surface area contributed by atoms with Gasteiger partial charge in [-0.25, -0.2) is 0 Å². The molecule has 238 valence electrons. The van der Waals surface area contributed by atoms with Crippen molar-refractivity contribution in [2.24, 2.45) is 10.9 Å². The summed E-state index contributed by atoms with van der Waals surface area (Å²) < 4.78 is 11.7. The maximum Gasteiger partial charge on any atom is 0.247 e. The third-order valence-electron chi connectivity index (χ3n) is 6.72. The molecule has 0 radical (unpaired) electrons. The third-order valence-corrected chi connectivity index (χ3v) is 6.72. The van der Waals surface area contributed by atoms with Crippen LogP contribution in [0, 0.1) is 0 Å². The van der Waals surface area contributed by atoms with Gasteiger partial charge in [0, 0.05) is 29.4 Å². The fourth-order valence-electron chi connectivity index (χ4n) is 4.41. The Morgan fingerprint density at radius 2 is 1.54 bits per heavy atom. The number of ether oxygens (including phenoxy) is 2. The summed E-state index contributed by atoms with van der Waals surface area (Å²) in [6, 6.07) is 27.2. The van der Waals surface area contributed by atoms with Crippen molar-refractivity contribution in [3.63, 3.8) is 0 Å². The molecule has 1 unspecified atom stereocenters. The number of hydrogen-bond acceptors (Lipinski definition) is 9. The predicted molar refractivity (Wildman–Crippen MR) is 169 cm³/mol. The molecule has 0 saturated carbocycles. The predicted octanol–water partition coefficient (Wildman–Crippen LogP) is 2.71. The standard InChI is InChI=1S/C33H34N6O7/c1-45-27-16-25(26(38-29(40)19-36-33(42)43)17-28(27)46-20-22-10-6-3-7-11-22)30(32(41)35-18-21-8-4-2-5-9-21)37-24-14-12-23(13-15-24)31(34)39-44/h2-17,30,36-37,44H,18-20H2,1H3,(H2,34,39)(H,35,41)(H,38,40)(H,42,43)/p-1. The molecule has 0 aliphatic heterocycles. The van der Waals surface area contributed by atoms with Gasteiger partial charge in [-0.1, -0.05) is 65.8 Å². The number of methoxy groups -OCH3 is 1. The van der Waals surface area contributed by atoms with Crippen molar-refractivity contribution in [1.29, 1.82) is 0 Å². The summed E-state index contributed by atoms with van der Waals surface area (Å²) in [5.74, 6) is -0.704. The van der Waals surface area contributed by atoms with Crippen molar-refractivity contribution in [2.45, 2.75) is 19.2 Å². The van der Waals surface area contributed by atoms with E-state index < -0.39 is 30.5 Å². The summed E-state index contributed by atoms with van der Waals surface area (Å²) in [4.78, 5) is 37.6. The van der Waals surface area contributed by atoms with Crippen LogP contribution in [0.1, 0.15) is 28.3 Å². The highest BCUT2D eigenvalue weighted by Gasteiger charge is 2.27. The lowest BCUT2D eigenvalue weighted by atomic mass is 10.0. The Hall–Kier alpha value is -6.24. The lowest BCUT2D eigenvalue weighted by Gasteiger charge is -2.25. The van der Waals surface area contributed by atoms with E-state index in [4.69, 9.17) is 20.4 Å². The van der Waals surface area contributed by atoms with E-state index >= 15 is 0 Å². The maximum atomic E-state index is 13.9. The highest BCUT2D eigenvalue weighted by atomic mass is 16.5. The molecule has 1 atom stereocenters. The molecule has 13 heteroatoms. The Bertz CT molecular complexity index is 1670. The fraction of sp³-hybridized carbons (Fsp3) is 0.152. The van der Waals surface area contributed by atoms with Crippen molar-refractivity contribution in [1.82, 2.24) is 10.6 Å². The van der Waals surface area contributed by atoms with Gasteiger partial charge >= 0.3 is 0 Å². The zero-order chi connectivity index (χ0) is 32.9. The Kier molecular flexibility index (Phi) is 11.4. The molecule has 46 heavy (non-hydrogen) atoms. The van der Waals surface area contributed by atoms with Crippen LogP contribution in [0.4, 0.5) is 16.2 Å². The number of nitrogens with zero attached hydrogens (tertiary/aromatic N) is 1. The minimum Gasteiger partial charge on any atom is -0.530 e. The van der Waals surface area contributed by atoms with Gasteiger partial charge < -0.3 is 51.6 Å². The van der Waals surface area contributed by atoms with Gasteiger partial charge in [0.1, 0.15) is 18.7 Å². The van der Waals surface area contributed by atoms with E-state index in [0.717, 1.165) is 11.1 Å². The summed E-state index contributed by atoms with van der Waals surface area (Å²) in [5.41, 5.74) is 8.84. The van der Waals surface area contributed by atoms with E-state index in [1.165, 1.54) is 13.2 Å². The smallest absolute Gasteiger partial charge is 0.247 e. The molecule has 0 aliphatic carbocycles. The van der Waals surface area contributed by atoms with Crippen LogP contribution in [0.5, 0.6) is 11.5 Å². The van der Waals surface area contributed by atoms with Crippen LogP contribution < -0.4 is 41.6 Å². The number of hydrogen-bond donors (Lipinski definition) is 6. The third kappa shape index (κ3) is 9.13. The first-order valence-corrected chi connectivity index (χ1v) is 14.1. The van der Waals surface area contributed by atoms with Crippen molar-refractivity contribution in [2.75, 3.05) is 24.3 Å². The van der Waals surface area contributed by atoms with Crippen LogP contribution in [-0.4, -0.2) is 42.6 Å². The van der Waals surface area contributed by atoms with Crippen LogP contribution in [0.15, 0.2) is 102 Å². The molecule has 0 spiro atoms. The van der Waals surface area contributed by atoms with E-state index in [-0.39, 0.29) is 41.7 Å². The average molecular weight is 626 g/mol. The zero-order valence-corrected chi connectivity index (χ0v) is 24.9. The normalized spacial score (nSPS) is 11.5. The number of carbonyl (C=O) groups excluding carboxylic acids is 3. The van der Waals surface area contributed by atoms with Gasteiger partial charge in [0.15, 0.2) is 17.3 Å². The topological polar surface area (TPSA) is 199 Å². The van der Waals surface area contributed by atoms with Crippen LogP contribution >= 0.6 is 0 Å². The van der Waals surface area contributed by atoms with E-state index in [1.807, 2.05) is 66.0 Å². The lowest BCUT2D eigenvalue weighted by Crippen LogP contribution is -2.41. The Labute approximate surface area is 265 Å². The van der Waals surface area contributed by atoms with E-state index in [2.05, 4.69) is 21.1 Å². The molecular weight excluding hydrogens is 592 g/mol. The Balaban J connectivity index is 1.74. The second kappa shape index (κ2) is 16.0. The quantitative estimate of drug-likeness (QED) is 0.0528. The molecule has 4 aromatic rings. The average Bonchev–Trinajstić information content (AvgIpc) is 3.08. The van der Waals surface area contributed by atoms with Crippen molar-refractivity contribution < 1.29 is 34.2 Å². The number of rotatable bonds is 14. The first kappa shape index (κ1) is 32.7. The first-order chi connectivity index (χ1) is 22.3. The number of amides is 3. The fourth-order valence-corrected chi connectivity index (χ4v) is 4.41. The van der Waals surface area contributed by atoms with Gasteiger partial charge in [-0.15, -0.1) is 0 Å². The molecule has 0 bridgehead atoms. The van der Waals surface area contributed by atoms with E-state index in [1.54, 1.807) is 30.3 Å². The van der Waals surface area contributed by atoms with Crippen molar-refractivity contribution in [3.8, 4) is 11.5 Å². The minimum absolute atomic E-state index is 0.0882. The van der Waals surface area contributed by atoms with Gasteiger partial charge in [-0.3, -0.25) is 9.59 Å². The highest BCUT2D eigenvalue weighted by Crippen LogP contribution is 2.38. The van der Waals surface area contributed by atoms with Gasteiger partial charge in [0.25, 0.3) is 0 Å². The molecular formula is C33H33N6O7-. The number of nitrogens with one attached hydrogen (secondary N) is 4. The van der Waals surface area contributed by atoms with Crippen molar-refractivity contribution >= 4 is 35.1 Å².